The quantitative estimate of drug-likeness (QED) is 0.598. The molecule has 0 bridgehead atoms. The van der Waals surface area contributed by atoms with Crippen molar-refractivity contribution in [3.8, 4) is 0 Å². The van der Waals surface area contributed by atoms with Crippen LogP contribution < -0.4 is 0 Å². The van der Waals surface area contributed by atoms with Gasteiger partial charge in [0.15, 0.2) is 0 Å². The Balaban J connectivity index is 3.24. The zero-order valence-corrected chi connectivity index (χ0v) is 6.95. The van der Waals surface area contributed by atoms with Gasteiger partial charge in [0.2, 0.25) is 0 Å². The van der Waals surface area contributed by atoms with Crippen molar-refractivity contribution < 1.29 is 17.6 Å². The molecule has 0 aliphatic rings. The minimum atomic E-state index is -4.60. The maximum Gasteiger partial charge on any atom is 0.419 e. The third-order valence-electron chi connectivity index (χ3n) is 1.76. The third-order valence-corrected chi connectivity index (χ3v) is 1.76. The summed E-state index contributed by atoms with van der Waals surface area (Å²) in [5, 5.41) is 0. The second kappa shape index (κ2) is 3.36. The summed E-state index contributed by atoms with van der Waals surface area (Å²) < 4.78 is 49.4. The van der Waals surface area contributed by atoms with Crippen molar-refractivity contribution in [1.29, 1.82) is 0 Å². The van der Waals surface area contributed by atoms with Gasteiger partial charge in [-0.05, 0) is 18.1 Å². The van der Waals surface area contributed by atoms with Crippen LogP contribution in [0.5, 0.6) is 0 Å². The highest BCUT2D eigenvalue weighted by Gasteiger charge is 2.34. The molecule has 0 N–H and O–H groups in total. The molecular formula is C9H8F4. The summed E-state index contributed by atoms with van der Waals surface area (Å²) in [4.78, 5) is 0. The van der Waals surface area contributed by atoms with Crippen LogP contribution in [0.4, 0.5) is 17.6 Å². The minimum Gasteiger partial charge on any atom is -0.206 e. The van der Waals surface area contributed by atoms with Crippen LogP contribution in [-0.4, -0.2) is 0 Å². The van der Waals surface area contributed by atoms with Crippen LogP contribution in [0.3, 0.4) is 0 Å². The molecule has 0 unspecified atom stereocenters. The van der Waals surface area contributed by atoms with E-state index in [0.29, 0.717) is 0 Å². The molecule has 1 aromatic rings. The van der Waals surface area contributed by atoms with Crippen LogP contribution in [0, 0.1) is 5.82 Å². The fraction of sp³-hybridized carbons (Fsp3) is 0.333. The van der Waals surface area contributed by atoms with Crippen molar-refractivity contribution in [2.24, 2.45) is 0 Å². The highest BCUT2D eigenvalue weighted by molar-refractivity contribution is 5.27. The highest BCUT2D eigenvalue weighted by Crippen LogP contribution is 2.32. The monoisotopic (exact) mass is 192 g/mol. The summed E-state index contributed by atoms with van der Waals surface area (Å²) in [6.45, 7) is 1.61. The molecule has 0 atom stereocenters. The third kappa shape index (κ3) is 1.99. The van der Waals surface area contributed by atoms with Crippen LogP contribution >= 0.6 is 0 Å². The van der Waals surface area contributed by atoms with E-state index in [0.717, 1.165) is 6.07 Å². The lowest BCUT2D eigenvalue weighted by Gasteiger charge is -2.09. The van der Waals surface area contributed by atoms with Crippen LogP contribution in [-0.2, 0) is 12.6 Å². The molecule has 1 aromatic carbocycles. The average molecular weight is 192 g/mol. The van der Waals surface area contributed by atoms with E-state index in [1.807, 2.05) is 0 Å². The fourth-order valence-corrected chi connectivity index (χ4v) is 1.07. The predicted octanol–water partition coefficient (Wildman–Crippen LogP) is 3.41. The Labute approximate surface area is 73.2 Å². The second-order valence-corrected chi connectivity index (χ2v) is 2.63. The van der Waals surface area contributed by atoms with E-state index in [1.54, 1.807) is 6.92 Å². The lowest BCUT2D eigenvalue weighted by atomic mass is 10.1. The maximum atomic E-state index is 13.0. The standard InChI is InChI=1S/C9H8F4/c1-2-6-4-3-5-7(8(6)10)9(11,12)13/h3-5H,2H2,1H3. The van der Waals surface area contributed by atoms with Gasteiger partial charge in [-0.3, -0.25) is 0 Å². The van der Waals surface area contributed by atoms with Crippen molar-refractivity contribution in [3.63, 3.8) is 0 Å². The molecule has 0 heterocycles. The molecule has 0 saturated heterocycles. The van der Waals surface area contributed by atoms with Crippen LogP contribution in [0.25, 0.3) is 0 Å². The molecule has 0 nitrogen and oxygen atoms in total. The van der Waals surface area contributed by atoms with Crippen LogP contribution in [0.1, 0.15) is 18.1 Å². The second-order valence-electron chi connectivity index (χ2n) is 2.63. The summed E-state index contributed by atoms with van der Waals surface area (Å²) in [6.07, 6.45) is -4.34. The lowest BCUT2D eigenvalue weighted by Crippen LogP contribution is -2.09. The zero-order valence-electron chi connectivity index (χ0n) is 6.95. The molecule has 13 heavy (non-hydrogen) atoms. The first-order valence-corrected chi connectivity index (χ1v) is 3.81. The number of rotatable bonds is 1. The zero-order chi connectivity index (χ0) is 10.1. The van der Waals surface area contributed by atoms with Gasteiger partial charge in [-0.25, -0.2) is 4.39 Å². The van der Waals surface area contributed by atoms with Gasteiger partial charge < -0.3 is 0 Å². The summed E-state index contributed by atoms with van der Waals surface area (Å²) in [5.41, 5.74) is -1.10. The van der Waals surface area contributed by atoms with Crippen molar-refractivity contribution in [2.45, 2.75) is 19.5 Å². The van der Waals surface area contributed by atoms with E-state index < -0.39 is 17.6 Å². The van der Waals surface area contributed by atoms with Gasteiger partial charge in [-0.2, -0.15) is 13.2 Å². The van der Waals surface area contributed by atoms with Gasteiger partial charge in [0, 0.05) is 0 Å². The first kappa shape index (κ1) is 10.0. The molecule has 1 rings (SSSR count). The Morgan fingerprint density at radius 1 is 1.23 bits per heavy atom. The summed E-state index contributed by atoms with van der Waals surface area (Å²) >= 11 is 0. The summed E-state index contributed by atoms with van der Waals surface area (Å²) in [5.74, 6) is -1.16. The smallest absolute Gasteiger partial charge is 0.206 e. The normalized spacial score (nSPS) is 11.8. The molecule has 0 aromatic heterocycles. The van der Waals surface area contributed by atoms with E-state index in [-0.39, 0.29) is 12.0 Å². The molecule has 0 aliphatic heterocycles. The van der Waals surface area contributed by atoms with Crippen LogP contribution in [0.2, 0.25) is 0 Å². The molecule has 0 fully saturated rings. The van der Waals surface area contributed by atoms with Crippen molar-refractivity contribution in [2.75, 3.05) is 0 Å². The Bertz CT molecular complexity index is 301. The molecule has 0 saturated carbocycles. The number of benzene rings is 1. The Morgan fingerprint density at radius 2 is 1.85 bits per heavy atom. The molecule has 0 spiro atoms. The molecule has 72 valence electrons. The Kier molecular flexibility index (Phi) is 2.59. The maximum absolute atomic E-state index is 13.0. The van der Waals surface area contributed by atoms with E-state index >= 15 is 0 Å². The van der Waals surface area contributed by atoms with E-state index in [2.05, 4.69) is 0 Å². The van der Waals surface area contributed by atoms with Gasteiger partial charge >= 0.3 is 6.18 Å². The Morgan fingerprint density at radius 3 is 2.31 bits per heavy atom. The molecule has 4 heteroatoms. The first-order chi connectivity index (χ1) is 5.96. The lowest BCUT2D eigenvalue weighted by molar-refractivity contribution is -0.140. The van der Waals surface area contributed by atoms with E-state index in [1.165, 1.54) is 12.1 Å². The first-order valence-electron chi connectivity index (χ1n) is 3.81. The number of halogens is 4. The number of alkyl halides is 3. The minimum absolute atomic E-state index is 0.0924. The van der Waals surface area contributed by atoms with Crippen molar-refractivity contribution in [3.05, 3.63) is 35.1 Å². The van der Waals surface area contributed by atoms with Crippen molar-refractivity contribution in [1.82, 2.24) is 0 Å². The average Bonchev–Trinajstić information content (AvgIpc) is 2.02. The predicted molar refractivity (Wildman–Crippen MR) is 40.8 cm³/mol. The molecule has 0 aliphatic carbocycles. The SMILES string of the molecule is CCc1cccc(C(F)(F)F)c1F. The van der Waals surface area contributed by atoms with E-state index in [4.69, 9.17) is 0 Å². The van der Waals surface area contributed by atoms with Gasteiger partial charge in [0.1, 0.15) is 5.82 Å². The molecular weight excluding hydrogens is 184 g/mol. The topological polar surface area (TPSA) is 0 Å². The van der Waals surface area contributed by atoms with Gasteiger partial charge in [0.25, 0.3) is 0 Å². The largest absolute Gasteiger partial charge is 0.419 e. The van der Waals surface area contributed by atoms with E-state index in [9.17, 15) is 17.6 Å². The molecule has 0 radical (unpaired) electrons. The number of hydrogen-bond acceptors (Lipinski definition) is 0. The highest BCUT2D eigenvalue weighted by atomic mass is 19.4. The number of aryl methyl sites for hydroxylation is 1. The fourth-order valence-electron chi connectivity index (χ4n) is 1.07. The Hall–Kier alpha value is -1.06. The van der Waals surface area contributed by atoms with Crippen LogP contribution in [0.15, 0.2) is 18.2 Å². The summed E-state index contributed by atoms with van der Waals surface area (Å²) in [6, 6.07) is 3.31. The summed E-state index contributed by atoms with van der Waals surface area (Å²) in [7, 11) is 0. The number of hydrogen-bond donors (Lipinski definition) is 0. The van der Waals surface area contributed by atoms with Gasteiger partial charge in [-0.15, -0.1) is 0 Å². The molecule has 0 amide bonds. The van der Waals surface area contributed by atoms with Crippen molar-refractivity contribution >= 4 is 0 Å². The van der Waals surface area contributed by atoms with Gasteiger partial charge in [-0.1, -0.05) is 19.1 Å². The van der Waals surface area contributed by atoms with Gasteiger partial charge in [0.05, 0.1) is 5.56 Å².